The Hall–Kier alpha value is -5.57. The Labute approximate surface area is 720 Å². The lowest BCUT2D eigenvalue weighted by molar-refractivity contribution is -0.868. The maximum atomic E-state index is 12.7. The first kappa shape index (κ1) is 113. The van der Waals surface area contributed by atoms with Gasteiger partial charge in [0.05, 0.1) is 47.1 Å². The molecule has 3 atom stereocenters. The highest BCUT2D eigenvalue weighted by Gasteiger charge is 2.23. The van der Waals surface area contributed by atoms with E-state index in [1.807, 2.05) is 21.1 Å². The average molecular weight is 1650 g/mol. The monoisotopic (exact) mass is 1650 g/mol. The highest BCUT2D eigenvalue weighted by Crippen LogP contribution is 2.37. The maximum Gasteiger partial charge on any atom is 0.306 e. The van der Waals surface area contributed by atoms with Crippen molar-refractivity contribution in [3.05, 3.63) is 0 Å². The van der Waals surface area contributed by atoms with Crippen molar-refractivity contribution in [3.63, 3.8) is 0 Å². The zero-order valence-corrected chi connectivity index (χ0v) is 77.2. The fourth-order valence-electron chi connectivity index (χ4n) is 12.9. The van der Waals surface area contributed by atoms with Gasteiger partial charge in [0.2, 0.25) is 0 Å². The molecule has 0 radical (unpaired) electrons. The second-order valence-electron chi connectivity index (χ2n) is 33.2. The van der Waals surface area contributed by atoms with Crippen molar-refractivity contribution >= 4 is 31.5 Å². The van der Waals surface area contributed by atoms with Gasteiger partial charge in [0.15, 0.2) is 12.2 Å². The highest BCUT2D eigenvalue weighted by atomic mass is 31.2. The second-order valence-corrected chi connectivity index (χ2v) is 35.1. The van der Waals surface area contributed by atoms with Crippen LogP contribution in [0.5, 0.6) is 0 Å². The molecule has 117 heavy (non-hydrogen) atoms. The van der Waals surface area contributed by atoms with Crippen molar-refractivity contribution < 1.29 is 61.7 Å². The molecule has 0 aromatic carbocycles. The van der Waals surface area contributed by atoms with Gasteiger partial charge in [0, 0.05) is 77.0 Å². The molecule has 0 fully saturated rings. The fourth-order valence-corrected chi connectivity index (χ4v) is 14.3. The van der Waals surface area contributed by atoms with E-state index in [1.54, 1.807) is 0 Å². The molecule has 666 valence electrons. The van der Waals surface area contributed by atoms with Gasteiger partial charge in [-0.2, -0.15) is 0 Å². The molecule has 0 aromatic rings. The molecule has 0 saturated heterocycles. The minimum atomic E-state index is -4.17. The van der Waals surface area contributed by atoms with E-state index in [0.29, 0.717) is 36.7 Å². The van der Waals surface area contributed by atoms with Gasteiger partial charge in [-0.15, -0.1) is 0 Å². The summed E-state index contributed by atoms with van der Waals surface area (Å²) in [7, 11) is 1.55. The standard InChI is InChI=1S/C54H92NO7P.C49H80O5/c1-6-8-10-12-14-16-18-20-22-24-26-28-30-32-34-36-38-40-42-44-46-53(56)60-50-52(51-61-63(58,59)49-48-55(3,4)5)62-54(57)47-45-43-41-39-37-35-33-31-29-27-25-23-21-19-17-15-13-11-9-7-2;1-3-5-7-9-11-13-15-17-19-21-23-25-27-29-31-33-35-37-39-41-43-48(51)53-46-47(45-50)54-49(52)44-42-40-38-36-34-32-30-28-26-24-22-20-18-16-14-12-10-8-6-4-2/h52H,6-23,32-51H2,1-5H3;47,50H,3-20,29-46H2,1-2H3/t52-;47-/m10/s1. The van der Waals surface area contributed by atoms with Crippen LogP contribution in [-0.4, -0.2) is 106 Å². The van der Waals surface area contributed by atoms with E-state index in [-0.39, 0.29) is 57.4 Å². The van der Waals surface area contributed by atoms with Gasteiger partial charge in [-0.05, 0) is 124 Å². The van der Waals surface area contributed by atoms with Crippen LogP contribution in [0.15, 0.2) is 0 Å². The van der Waals surface area contributed by atoms with Crippen LogP contribution >= 0.6 is 7.60 Å². The Morgan fingerprint density at radius 3 is 0.709 bits per heavy atom. The first-order valence-electron chi connectivity index (χ1n) is 48.0. The molecular formula is C103H172NO12P. The van der Waals surface area contributed by atoms with Crippen LogP contribution < -0.4 is 4.89 Å². The van der Waals surface area contributed by atoms with E-state index in [0.717, 1.165) is 193 Å². The normalized spacial score (nSPS) is 11.6. The number of unbranched alkanes of at least 4 members (excludes halogenated alkanes) is 56. The summed E-state index contributed by atoms with van der Waals surface area (Å²) in [5.41, 5.74) is 0. The average Bonchev–Trinajstić information content (AvgIpc) is 0.893. The molecular weight excluding hydrogens is 1470 g/mol. The number of nitrogens with zero attached hydrogens (tertiary/aromatic N) is 1. The first-order valence-corrected chi connectivity index (χ1v) is 49.7. The minimum Gasteiger partial charge on any atom is -0.778 e. The fraction of sp³-hybridized carbons (Fsp3) is 0.806. The zero-order valence-electron chi connectivity index (χ0n) is 76.3. The molecule has 0 amide bonds. The number of carbonyl (C=O) groups excluding carboxylic acids is 4. The van der Waals surface area contributed by atoms with Crippen LogP contribution in [0.3, 0.4) is 0 Å². The summed E-state index contributed by atoms with van der Waals surface area (Å²) >= 11 is 0. The number of hydrogen-bond donors (Lipinski definition) is 1. The quantitative estimate of drug-likeness (QED) is 0.0153. The molecule has 0 bridgehead atoms. The maximum absolute atomic E-state index is 12.7. The predicted molar refractivity (Wildman–Crippen MR) is 489 cm³/mol. The van der Waals surface area contributed by atoms with Crippen LogP contribution in [0.1, 0.15) is 464 Å². The number of rotatable bonds is 77. The summed E-state index contributed by atoms with van der Waals surface area (Å²) in [6.45, 7) is 8.33. The Balaban J connectivity index is 0. The van der Waals surface area contributed by atoms with Gasteiger partial charge in [-0.25, -0.2) is 0 Å². The molecule has 0 spiro atoms. The summed E-state index contributed by atoms with van der Waals surface area (Å²) in [5.74, 6) is 47.8. The lowest BCUT2D eigenvalue weighted by Crippen LogP contribution is -2.38. The molecule has 0 aliphatic heterocycles. The minimum absolute atomic E-state index is 0.0978. The molecule has 0 rings (SSSR count). The lowest BCUT2D eigenvalue weighted by Gasteiger charge is -2.30. The van der Waals surface area contributed by atoms with Crippen molar-refractivity contribution in [2.75, 3.05) is 60.3 Å². The number of esters is 4. The van der Waals surface area contributed by atoms with Crippen LogP contribution in [0.25, 0.3) is 0 Å². The van der Waals surface area contributed by atoms with Gasteiger partial charge in [-0.1, -0.05) is 358 Å². The summed E-state index contributed by atoms with van der Waals surface area (Å²) in [4.78, 5) is 62.2. The molecule has 0 aliphatic carbocycles. The first-order chi connectivity index (χ1) is 57.1. The van der Waals surface area contributed by atoms with Crippen molar-refractivity contribution in [3.8, 4) is 94.7 Å². The Kier molecular flexibility index (Phi) is 89.9. The topological polar surface area (TPSA) is 175 Å². The predicted octanol–water partition coefficient (Wildman–Crippen LogP) is 25.8. The summed E-state index contributed by atoms with van der Waals surface area (Å²) in [5, 5.41) is 9.58. The summed E-state index contributed by atoms with van der Waals surface area (Å²) in [6, 6.07) is 0. The van der Waals surface area contributed by atoms with Crippen LogP contribution in [0, 0.1) is 94.7 Å². The van der Waals surface area contributed by atoms with Crippen LogP contribution in [0.4, 0.5) is 0 Å². The zero-order chi connectivity index (χ0) is 85.6. The molecule has 0 aromatic heterocycles. The van der Waals surface area contributed by atoms with Crippen molar-refractivity contribution in [1.29, 1.82) is 0 Å². The largest absolute Gasteiger partial charge is 0.778 e. The third kappa shape index (κ3) is 97.4. The highest BCUT2D eigenvalue weighted by molar-refractivity contribution is 7.51. The summed E-state index contributed by atoms with van der Waals surface area (Å²) in [6.07, 6.45) is 72.7. The number of ether oxygens (including phenoxy) is 4. The number of aliphatic hydroxyl groups excluding tert-OH is 1. The smallest absolute Gasteiger partial charge is 0.306 e. The van der Waals surface area contributed by atoms with Crippen molar-refractivity contribution in [1.82, 2.24) is 0 Å². The number of hydrogen-bond acceptors (Lipinski definition) is 12. The number of quaternary nitrogens is 1. The Morgan fingerprint density at radius 2 is 0.487 bits per heavy atom. The molecule has 14 heteroatoms. The summed E-state index contributed by atoms with van der Waals surface area (Å²) < 4.78 is 39.9. The molecule has 1 unspecified atom stereocenters. The Morgan fingerprint density at radius 1 is 0.291 bits per heavy atom. The van der Waals surface area contributed by atoms with Gasteiger partial charge in [0.1, 0.15) is 20.8 Å². The Bertz CT molecular complexity index is 2930. The van der Waals surface area contributed by atoms with E-state index in [4.69, 9.17) is 23.5 Å². The van der Waals surface area contributed by atoms with Crippen molar-refractivity contribution in [2.45, 2.75) is 477 Å². The van der Waals surface area contributed by atoms with E-state index in [9.17, 15) is 33.7 Å². The lowest BCUT2D eigenvalue weighted by atomic mass is 10.1. The molecule has 1 N–H and O–H groups in total. The van der Waals surface area contributed by atoms with Gasteiger partial charge in [0.25, 0.3) is 0 Å². The van der Waals surface area contributed by atoms with Crippen molar-refractivity contribution in [2.24, 2.45) is 0 Å². The molecule has 0 saturated carbocycles. The van der Waals surface area contributed by atoms with Gasteiger partial charge < -0.3 is 42.5 Å². The third-order valence-electron chi connectivity index (χ3n) is 20.5. The molecule has 0 heterocycles. The van der Waals surface area contributed by atoms with E-state index >= 15 is 0 Å². The number of aliphatic hydroxyl groups is 1. The number of carbonyl (C=O) groups is 4. The van der Waals surface area contributed by atoms with E-state index in [1.165, 1.54) is 205 Å². The van der Waals surface area contributed by atoms with E-state index < -0.39 is 31.7 Å². The van der Waals surface area contributed by atoms with Gasteiger partial charge >= 0.3 is 23.9 Å². The SMILES string of the molecule is CCCCCCCCCCC#CC#CCCCCCCCCC(=O)OC[C@H](CO)OC(=O)CCCCCCCCC#CC#CCCCCCCCCCC.CCCCCCCCCCC#CC#CCCCCCCCCC(=O)OC[C@H](COP(=O)([O-])CC[N+](C)(C)C)OC(=O)CCCCCCCCC#CC#CCCCCCCCCCC. The van der Waals surface area contributed by atoms with Crippen LogP contribution in [0.2, 0.25) is 0 Å². The molecule has 0 aliphatic rings. The van der Waals surface area contributed by atoms with E-state index in [2.05, 4.69) is 122 Å². The molecule has 13 nitrogen and oxygen atoms in total. The third-order valence-corrected chi connectivity index (χ3v) is 21.8. The second kappa shape index (κ2) is 92.7. The van der Waals surface area contributed by atoms with Gasteiger partial charge in [-0.3, -0.25) is 19.2 Å². The van der Waals surface area contributed by atoms with Crippen LogP contribution in [-0.2, 0) is 47.2 Å².